The highest BCUT2D eigenvalue weighted by Gasteiger charge is 2.31. The third kappa shape index (κ3) is 0.902. The molecule has 1 fully saturated rings. The van der Waals surface area contributed by atoms with E-state index in [0.717, 1.165) is 17.8 Å². The van der Waals surface area contributed by atoms with Crippen LogP contribution in [0.3, 0.4) is 0 Å². The van der Waals surface area contributed by atoms with E-state index in [9.17, 15) is 0 Å². The van der Waals surface area contributed by atoms with Crippen molar-refractivity contribution in [2.45, 2.75) is 32.6 Å². The summed E-state index contributed by atoms with van der Waals surface area (Å²) in [6, 6.07) is 0. The molecule has 0 bridgehead atoms. The summed E-state index contributed by atoms with van der Waals surface area (Å²) < 4.78 is 0. The van der Waals surface area contributed by atoms with Gasteiger partial charge >= 0.3 is 0 Å². The number of allylic oxidation sites excluding steroid dienone is 2. The van der Waals surface area contributed by atoms with Crippen LogP contribution in [-0.4, -0.2) is 0 Å². The van der Waals surface area contributed by atoms with E-state index >= 15 is 0 Å². The minimum atomic E-state index is 0.953. The van der Waals surface area contributed by atoms with Crippen molar-refractivity contribution in [1.82, 2.24) is 0 Å². The summed E-state index contributed by atoms with van der Waals surface area (Å²) in [7, 11) is 0. The maximum atomic E-state index is 2.46. The molecular weight excluding hydrogens is 120 g/mol. The third-order valence-electron chi connectivity index (χ3n) is 3.26. The summed E-state index contributed by atoms with van der Waals surface area (Å²) in [5.74, 6) is 2.98. The molecule has 10 heavy (non-hydrogen) atoms. The molecule has 0 nitrogen and oxygen atoms in total. The van der Waals surface area contributed by atoms with E-state index in [1.54, 1.807) is 0 Å². The Bertz CT molecular complexity index is 146. The molecule has 0 spiro atoms. The van der Waals surface area contributed by atoms with Gasteiger partial charge in [-0.25, -0.2) is 0 Å². The summed E-state index contributed by atoms with van der Waals surface area (Å²) in [6.07, 6.45) is 10.6. The molecule has 2 aliphatic carbocycles. The summed E-state index contributed by atoms with van der Waals surface area (Å²) in [5, 5.41) is 0. The first-order valence-electron chi connectivity index (χ1n) is 4.54. The highest BCUT2D eigenvalue weighted by molar-refractivity contribution is 5.01. The zero-order valence-electron chi connectivity index (χ0n) is 6.72. The summed E-state index contributed by atoms with van der Waals surface area (Å²) >= 11 is 0. The first kappa shape index (κ1) is 6.45. The molecular formula is C10H16. The molecule has 56 valence electrons. The van der Waals surface area contributed by atoms with E-state index in [1.807, 2.05) is 0 Å². The van der Waals surface area contributed by atoms with Crippen LogP contribution in [0.25, 0.3) is 0 Å². The van der Waals surface area contributed by atoms with E-state index in [0.29, 0.717) is 0 Å². The Morgan fingerprint density at radius 1 is 1.20 bits per heavy atom. The molecule has 3 atom stereocenters. The fourth-order valence-electron chi connectivity index (χ4n) is 2.57. The molecule has 0 amide bonds. The SMILES string of the molecule is CC1CCC2CCC=CC12. The second-order valence-electron chi connectivity index (χ2n) is 3.90. The van der Waals surface area contributed by atoms with E-state index < -0.39 is 0 Å². The summed E-state index contributed by atoms with van der Waals surface area (Å²) in [6.45, 7) is 2.40. The van der Waals surface area contributed by atoms with Crippen molar-refractivity contribution in [1.29, 1.82) is 0 Å². The van der Waals surface area contributed by atoms with Crippen LogP contribution in [0.4, 0.5) is 0 Å². The smallest absolute Gasteiger partial charge is 0.0179 e. The molecule has 0 aromatic rings. The first-order valence-corrected chi connectivity index (χ1v) is 4.54. The zero-order valence-corrected chi connectivity index (χ0v) is 6.72. The fraction of sp³-hybridized carbons (Fsp3) is 0.800. The molecule has 1 saturated carbocycles. The van der Waals surface area contributed by atoms with Crippen molar-refractivity contribution in [3.05, 3.63) is 12.2 Å². The van der Waals surface area contributed by atoms with Gasteiger partial charge in [-0.05, 0) is 43.4 Å². The lowest BCUT2D eigenvalue weighted by Crippen LogP contribution is -2.12. The monoisotopic (exact) mass is 136 g/mol. The molecule has 0 heteroatoms. The maximum absolute atomic E-state index is 2.46. The van der Waals surface area contributed by atoms with Gasteiger partial charge in [-0.3, -0.25) is 0 Å². The van der Waals surface area contributed by atoms with Gasteiger partial charge in [0.1, 0.15) is 0 Å². The van der Waals surface area contributed by atoms with Crippen LogP contribution in [0.1, 0.15) is 32.6 Å². The highest BCUT2D eigenvalue weighted by Crippen LogP contribution is 2.42. The molecule has 0 saturated heterocycles. The van der Waals surface area contributed by atoms with Gasteiger partial charge in [0.2, 0.25) is 0 Å². The first-order chi connectivity index (χ1) is 4.88. The Hall–Kier alpha value is -0.260. The van der Waals surface area contributed by atoms with Crippen molar-refractivity contribution >= 4 is 0 Å². The third-order valence-corrected chi connectivity index (χ3v) is 3.26. The lowest BCUT2D eigenvalue weighted by molar-refractivity contribution is 0.365. The lowest BCUT2D eigenvalue weighted by Gasteiger charge is -2.22. The normalized spacial score (nSPS) is 45.5. The number of hydrogen-bond donors (Lipinski definition) is 0. The Balaban J connectivity index is 2.13. The van der Waals surface area contributed by atoms with Gasteiger partial charge in [-0.15, -0.1) is 0 Å². The van der Waals surface area contributed by atoms with Gasteiger partial charge in [0.15, 0.2) is 0 Å². The van der Waals surface area contributed by atoms with Gasteiger partial charge < -0.3 is 0 Å². The molecule has 3 unspecified atom stereocenters. The van der Waals surface area contributed by atoms with Gasteiger partial charge in [-0.2, -0.15) is 0 Å². The van der Waals surface area contributed by atoms with Crippen molar-refractivity contribution in [2.75, 3.05) is 0 Å². The molecule has 2 rings (SSSR count). The standard InChI is InChI=1S/C10H16/c1-8-6-7-9-4-2-3-5-10(8)9/h3,5,8-10H,2,4,6-7H2,1H3. The van der Waals surface area contributed by atoms with Gasteiger partial charge in [0.05, 0.1) is 0 Å². The summed E-state index contributed by atoms with van der Waals surface area (Å²) in [4.78, 5) is 0. The number of hydrogen-bond acceptors (Lipinski definition) is 0. The van der Waals surface area contributed by atoms with E-state index in [2.05, 4.69) is 19.1 Å². The van der Waals surface area contributed by atoms with Crippen molar-refractivity contribution < 1.29 is 0 Å². The molecule has 2 aliphatic rings. The fourth-order valence-corrected chi connectivity index (χ4v) is 2.57. The zero-order chi connectivity index (χ0) is 6.97. The Labute approximate surface area is 63.3 Å². The van der Waals surface area contributed by atoms with Crippen molar-refractivity contribution in [3.63, 3.8) is 0 Å². The minimum Gasteiger partial charge on any atom is -0.0882 e. The average molecular weight is 136 g/mol. The average Bonchev–Trinajstić information content (AvgIpc) is 2.34. The quantitative estimate of drug-likeness (QED) is 0.449. The second kappa shape index (κ2) is 2.41. The summed E-state index contributed by atoms with van der Waals surface area (Å²) in [5.41, 5.74) is 0. The highest BCUT2D eigenvalue weighted by atomic mass is 14.4. The number of rotatable bonds is 0. The van der Waals surface area contributed by atoms with Crippen LogP contribution >= 0.6 is 0 Å². The van der Waals surface area contributed by atoms with Crippen LogP contribution in [0, 0.1) is 17.8 Å². The Kier molecular flexibility index (Phi) is 1.55. The van der Waals surface area contributed by atoms with Gasteiger partial charge in [-0.1, -0.05) is 19.1 Å². The predicted molar refractivity (Wildman–Crippen MR) is 43.8 cm³/mol. The van der Waals surface area contributed by atoms with Crippen LogP contribution in [0.15, 0.2) is 12.2 Å². The van der Waals surface area contributed by atoms with E-state index in [-0.39, 0.29) is 0 Å². The minimum absolute atomic E-state index is 0.953. The molecule has 0 radical (unpaired) electrons. The lowest BCUT2D eigenvalue weighted by atomic mass is 9.83. The Morgan fingerprint density at radius 3 is 2.90 bits per heavy atom. The van der Waals surface area contributed by atoms with Crippen molar-refractivity contribution in [2.24, 2.45) is 17.8 Å². The topological polar surface area (TPSA) is 0 Å². The largest absolute Gasteiger partial charge is 0.0882 e. The second-order valence-corrected chi connectivity index (χ2v) is 3.90. The molecule has 0 aliphatic heterocycles. The van der Waals surface area contributed by atoms with E-state index in [4.69, 9.17) is 0 Å². The molecule has 0 aromatic carbocycles. The maximum Gasteiger partial charge on any atom is -0.0179 e. The van der Waals surface area contributed by atoms with Crippen LogP contribution in [-0.2, 0) is 0 Å². The van der Waals surface area contributed by atoms with Crippen LogP contribution in [0.2, 0.25) is 0 Å². The van der Waals surface area contributed by atoms with Gasteiger partial charge in [0.25, 0.3) is 0 Å². The molecule has 0 aromatic heterocycles. The van der Waals surface area contributed by atoms with Crippen molar-refractivity contribution in [3.8, 4) is 0 Å². The molecule has 0 N–H and O–H groups in total. The predicted octanol–water partition coefficient (Wildman–Crippen LogP) is 3.00. The Morgan fingerprint density at radius 2 is 2.10 bits per heavy atom. The van der Waals surface area contributed by atoms with Crippen LogP contribution < -0.4 is 0 Å². The van der Waals surface area contributed by atoms with Crippen LogP contribution in [0.5, 0.6) is 0 Å². The van der Waals surface area contributed by atoms with Gasteiger partial charge in [0, 0.05) is 0 Å². The molecule has 0 heterocycles. The van der Waals surface area contributed by atoms with E-state index in [1.165, 1.54) is 25.7 Å². The number of fused-ring (bicyclic) bond motifs is 1.